The second-order valence-corrected chi connectivity index (χ2v) is 7.72. The van der Waals surface area contributed by atoms with E-state index >= 15 is 0 Å². The number of hydrogen-bond donors (Lipinski definition) is 1. The predicted octanol–water partition coefficient (Wildman–Crippen LogP) is 2.73. The molecule has 1 saturated heterocycles. The maximum Gasteiger partial charge on any atom is 0.142 e. The molecule has 104 valence electrons. The Kier molecular flexibility index (Phi) is 4.34. The molecule has 0 spiro atoms. The number of nitrogens with zero attached hydrogens (tertiary/aromatic N) is 2. The first-order valence-electron chi connectivity index (χ1n) is 7.09. The van der Waals surface area contributed by atoms with Crippen molar-refractivity contribution in [2.24, 2.45) is 0 Å². The Morgan fingerprint density at radius 2 is 2.11 bits per heavy atom. The summed E-state index contributed by atoms with van der Waals surface area (Å²) >= 11 is 4.14. The average molecular weight is 295 g/mol. The van der Waals surface area contributed by atoms with E-state index in [1.165, 1.54) is 34.9 Å². The Labute approximate surface area is 123 Å². The van der Waals surface area contributed by atoms with Gasteiger partial charge in [0, 0.05) is 47.5 Å². The van der Waals surface area contributed by atoms with Gasteiger partial charge in [-0.3, -0.25) is 0 Å². The van der Waals surface area contributed by atoms with Crippen LogP contribution in [0, 0.1) is 6.92 Å². The minimum Gasteiger partial charge on any atom is -0.312 e. The SMILES string of the molecule is CCC1SCCSC1c1nc(C)c2c(n1)CCNC2. The molecule has 1 aromatic rings. The van der Waals surface area contributed by atoms with E-state index in [2.05, 4.69) is 30.9 Å². The van der Waals surface area contributed by atoms with Crippen LogP contribution in [-0.2, 0) is 13.0 Å². The summed E-state index contributed by atoms with van der Waals surface area (Å²) in [6, 6.07) is 0. The lowest BCUT2D eigenvalue weighted by atomic mass is 10.1. The third kappa shape index (κ3) is 2.78. The standard InChI is InChI=1S/C14H21N3S2/c1-3-12-13(19-7-6-18-12)14-16-9(2)10-8-15-5-4-11(10)17-14/h12-13,15H,3-8H2,1-2H3. The molecule has 19 heavy (non-hydrogen) atoms. The minimum absolute atomic E-state index is 0.489. The molecule has 2 aliphatic heterocycles. The van der Waals surface area contributed by atoms with E-state index in [4.69, 9.17) is 9.97 Å². The normalized spacial score (nSPS) is 27.1. The molecule has 1 N–H and O–H groups in total. The van der Waals surface area contributed by atoms with Gasteiger partial charge in [0.05, 0.1) is 10.9 Å². The van der Waals surface area contributed by atoms with Gasteiger partial charge >= 0.3 is 0 Å². The van der Waals surface area contributed by atoms with Crippen LogP contribution in [0.15, 0.2) is 0 Å². The number of aromatic nitrogens is 2. The van der Waals surface area contributed by atoms with Gasteiger partial charge in [0.25, 0.3) is 0 Å². The van der Waals surface area contributed by atoms with Crippen molar-refractivity contribution in [2.45, 2.75) is 43.7 Å². The molecule has 0 saturated carbocycles. The number of fused-ring (bicyclic) bond motifs is 1. The fourth-order valence-corrected chi connectivity index (χ4v) is 5.80. The van der Waals surface area contributed by atoms with Gasteiger partial charge in [0.15, 0.2) is 0 Å². The van der Waals surface area contributed by atoms with Crippen molar-refractivity contribution in [1.29, 1.82) is 0 Å². The molecule has 2 aliphatic rings. The Morgan fingerprint density at radius 1 is 1.26 bits per heavy atom. The Morgan fingerprint density at radius 3 is 2.95 bits per heavy atom. The van der Waals surface area contributed by atoms with Crippen molar-refractivity contribution in [3.8, 4) is 0 Å². The number of hydrogen-bond acceptors (Lipinski definition) is 5. The molecule has 5 heteroatoms. The van der Waals surface area contributed by atoms with Crippen molar-refractivity contribution in [1.82, 2.24) is 15.3 Å². The molecule has 0 radical (unpaired) electrons. The van der Waals surface area contributed by atoms with Gasteiger partial charge in [0.2, 0.25) is 0 Å². The summed E-state index contributed by atoms with van der Waals surface area (Å²) in [5.41, 5.74) is 3.79. The number of thioether (sulfide) groups is 2. The molecule has 3 rings (SSSR count). The zero-order valence-electron chi connectivity index (χ0n) is 11.6. The van der Waals surface area contributed by atoms with E-state index in [0.717, 1.165) is 25.3 Å². The van der Waals surface area contributed by atoms with Crippen molar-refractivity contribution in [3.05, 3.63) is 22.8 Å². The highest BCUT2D eigenvalue weighted by atomic mass is 32.2. The molecular weight excluding hydrogens is 274 g/mol. The zero-order valence-corrected chi connectivity index (χ0v) is 13.2. The number of nitrogens with one attached hydrogen (secondary N) is 1. The molecule has 0 aromatic carbocycles. The Balaban J connectivity index is 1.93. The molecule has 2 atom stereocenters. The lowest BCUT2D eigenvalue weighted by Crippen LogP contribution is -2.28. The zero-order chi connectivity index (χ0) is 13.2. The predicted molar refractivity (Wildman–Crippen MR) is 83.9 cm³/mol. The van der Waals surface area contributed by atoms with Crippen molar-refractivity contribution >= 4 is 23.5 Å². The maximum atomic E-state index is 4.91. The van der Waals surface area contributed by atoms with Crippen LogP contribution in [0.5, 0.6) is 0 Å². The quantitative estimate of drug-likeness (QED) is 0.908. The topological polar surface area (TPSA) is 37.8 Å². The summed E-state index contributed by atoms with van der Waals surface area (Å²) in [6.45, 7) is 6.40. The second kappa shape index (κ2) is 6.02. The van der Waals surface area contributed by atoms with E-state index in [9.17, 15) is 0 Å². The van der Waals surface area contributed by atoms with Crippen molar-refractivity contribution in [2.75, 3.05) is 18.1 Å². The van der Waals surface area contributed by atoms with Gasteiger partial charge in [-0.15, -0.1) is 11.8 Å². The van der Waals surface area contributed by atoms with E-state index in [1.807, 2.05) is 11.8 Å². The molecule has 0 aliphatic carbocycles. The highest BCUT2D eigenvalue weighted by Crippen LogP contribution is 2.43. The molecule has 3 nitrogen and oxygen atoms in total. The average Bonchev–Trinajstić information content (AvgIpc) is 2.47. The first kappa shape index (κ1) is 13.7. The van der Waals surface area contributed by atoms with Crippen LogP contribution < -0.4 is 5.32 Å². The Bertz CT molecular complexity index is 464. The third-order valence-electron chi connectivity index (χ3n) is 3.86. The molecule has 1 fully saturated rings. The summed E-state index contributed by atoms with van der Waals surface area (Å²) in [7, 11) is 0. The fourth-order valence-electron chi connectivity index (χ4n) is 2.81. The lowest BCUT2D eigenvalue weighted by molar-refractivity contribution is 0.610. The molecule has 1 aromatic heterocycles. The van der Waals surface area contributed by atoms with Crippen LogP contribution in [0.25, 0.3) is 0 Å². The van der Waals surface area contributed by atoms with Crippen LogP contribution in [0.2, 0.25) is 0 Å². The summed E-state index contributed by atoms with van der Waals surface area (Å²) in [4.78, 5) is 9.73. The van der Waals surface area contributed by atoms with Crippen LogP contribution >= 0.6 is 23.5 Å². The van der Waals surface area contributed by atoms with Crippen molar-refractivity contribution in [3.63, 3.8) is 0 Å². The summed E-state index contributed by atoms with van der Waals surface area (Å²) in [5, 5.41) is 4.58. The van der Waals surface area contributed by atoms with E-state index in [0.29, 0.717) is 10.5 Å². The van der Waals surface area contributed by atoms with Gasteiger partial charge in [0.1, 0.15) is 5.82 Å². The van der Waals surface area contributed by atoms with Crippen LogP contribution in [0.3, 0.4) is 0 Å². The number of rotatable bonds is 2. The molecular formula is C14H21N3S2. The number of aryl methyl sites for hydroxylation is 1. The van der Waals surface area contributed by atoms with E-state index in [-0.39, 0.29) is 0 Å². The third-order valence-corrected chi connectivity index (χ3v) is 7.11. The van der Waals surface area contributed by atoms with E-state index < -0.39 is 0 Å². The van der Waals surface area contributed by atoms with Gasteiger partial charge in [-0.25, -0.2) is 9.97 Å². The highest BCUT2D eigenvalue weighted by Gasteiger charge is 2.30. The summed E-state index contributed by atoms with van der Waals surface area (Å²) in [5.74, 6) is 3.59. The first-order chi connectivity index (χ1) is 9.29. The smallest absolute Gasteiger partial charge is 0.142 e. The second-order valence-electron chi connectivity index (χ2n) is 5.13. The maximum absolute atomic E-state index is 4.91. The van der Waals surface area contributed by atoms with Gasteiger partial charge in [-0.2, -0.15) is 11.8 Å². The van der Waals surface area contributed by atoms with Crippen LogP contribution in [0.1, 0.15) is 41.4 Å². The van der Waals surface area contributed by atoms with Gasteiger partial charge in [-0.1, -0.05) is 6.92 Å². The van der Waals surface area contributed by atoms with Gasteiger partial charge < -0.3 is 5.32 Å². The fraction of sp³-hybridized carbons (Fsp3) is 0.714. The summed E-state index contributed by atoms with van der Waals surface area (Å²) in [6.07, 6.45) is 2.26. The lowest BCUT2D eigenvalue weighted by Gasteiger charge is -2.30. The monoisotopic (exact) mass is 295 g/mol. The molecule has 0 bridgehead atoms. The first-order valence-corrected chi connectivity index (χ1v) is 9.19. The molecule has 3 heterocycles. The molecule has 2 unspecified atom stereocenters. The van der Waals surface area contributed by atoms with E-state index in [1.54, 1.807) is 0 Å². The minimum atomic E-state index is 0.489. The van der Waals surface area contributed by atoms with Gasteiger partial charge in [-0.05, 0) is 13.3 Å². The summed E-state index contributed by atoms with van der Waals surface area (Å²) < 4.78 is 0. The van der Waals surface area contributed by atoms with Crippen LogP contribution in [0.4, 0.5) is 0 Å². The van der Waals surface area contributed by atoms with Crippen LogP contribution in [-0.4, -0.2) is 33.3 Å². The largest absolute Gasteiger partial charge is 0.312 e. The highest BCUT2D eigenvalue weighted by molar-refractivity contribution is 8.06. The van der Waals surface area contributed by atoms with Crippen molar-refractivity contribution < 1.29 is 0 Å². The molecule has 0 amide bonds. The Hall–Kier alpha value is -0.260.